The monoisotopic (exact) mass is 433 g/mol. The van der Waals surface area contributed by atoms with E-state index < -0.39 is 0 Å². The van der Waals surface area contributed by atoms with Crippen LogP contribution in [0.2, 0.25) is 0 Å². The molecule has 0 saturated carbocycles. The van der Waals surface area contributed by atoms with Crippen LogP contribution in [0.5, 0.6) is 0 Å². The smallest absolute Gasteiger partial charge is 0.218 e. The molecule has 0 bridgehead atoms. The lowest BCUT2D eigenvalue weighted by atomic mass is 9.75. The minimum atomic E-state index is 0.133. The van der Waals surface area contributed by atoms with Crippen molar-refractivity contribution in [3.05, 3.63) is 82.1 Å². The summed E-state index contributed by atoms with van der Waals surface area (Å²) in [5.41, 5.74) is 7.64. The Bertz CT molecular complexity index is 1040. The predicted molar refractivity (Wildman–Crippen MR) is 138 cm³/mol. The zero-order valence-electron chi connectivity index (χ0n) is 19.9. The first-order chi connectivity index (χ1) is 14.6. The maximum Gasteiger partial charge on any atom is 0.218 e. The van der Waals surface area contributed by atoms with Gasteiger partial charge < -0.3 is 0 Å². The first kappa shape index (κ1) is 23.2. The standard InChI is InChI=1S/C27H35N3S/c1-9-10-11-12-21(5)31-29-26-28-24-16-20(4)23(27(6,7)8)17-25(24)30(26)22-14-18(2)13-19(3)15-22/h9-15,17,20H,1,16H2,2-8H3,(H,28,29)/b11-10-,21-12+. The topological polar surface area (TPSA) is 29.9 Å². The molecule has 0 amide bonds. The van der Waals surface area contributed by atoms with Crippen molar-refractivity contribution in [2.75, 3.05) is 4.72 Å². The van der Waals surface area contributed by atoms with Crippen LogP contribution in [0.3, 0.4) is 0 Å². The SMILES string of the molecule is C=C/C=C\C=C(/C)SNc1nc2c(n1-c1cc(C)cc(C)c1)C=C(C(C)(C)C)C(C)C2. The number of aromatic nitrogens is 2. The summed E-state index contributed by atoms with van der Waals surface area (Å²) in [6, 6.07) is 6.69. The summed E-state index contributed by atoms with van der Waals surface area (Å²) in [4.78, 5) is 6.20. The number of anilines is 1. The molecule has 4 heteroatoms. The molecule has 0 fully saturated rings. The van der Waals surface area contributed by atoms with Crippen LogP contribution >= 0.6 is 11.9 Å². The second-order valence-electron chi connectivity index (χ2n) is 9.51. The highest BCUT2D eigenvalue weighted by Crippen LogP contribution is 2.41. The molecule has 1 aromatic heterocycles. The number of benzene rings is 1. The Morgan fingerprint density at radius 1 is 1.19 bits per heavy atom. The van der Waals surface area contributed by atoms with Crippen molar-refractivity contribution in [1.82, 2.24) is 9.55 Å². The van der Waals surface area contributed by atoms with Crippen molar-refractivity contribution in [3.8, 4) is 5.69 Å². The van der Waals surface area contributed by atoms with Crippen molar-refractivity contribution >= 4 is 24.0 Å². The van der Waals surface area contributed by atoms with Crippen molar-refractivity contribution in [2.24, 2.45) is 11.3 Å². The largest absolute Gasteiger partial charge is 0.295 e. The third kappa shape index (κ3) is 5.43. The van der Waals surface area contributed by atoms with Gasteiger partial charge in [0, 0.05) is 10.6 Å². The van der Waals surface area contributed by atoms with Crippen molar-refractivity contribution in [3.63, 3.8) is 0 Å². The van der Waals surface area contributed by atoms with E-state index in [2.05, 4.69) is 94.7 Å². The molecule has 0 radical (unpaired) electrons. The molecule has 1 atom stereocenters. The van der Waals surface area contributed by atoms with Gasteiger partial charge in [0.15, 0.2) is 0 Å². The van der Waals surface area contributed by atoms with Gasteiger partial charge in [0.25, 0.3) is 0 Å². The summed E-state index contributed by atoms with van der Waals surface area (Å²) in [7, 11) is 0. The van der Waals surface area contributed by atoms with E-state index >= 15 is 0 Å². The van der Waals surface area contributed by atoms with E-state index in [9.17, 15) is 0 Å². The third-order valence-corrected chi connectivity index (χ3v) is 6.27. The fourth-order valence-corrected chi connectivity index (χ4v) is 4.80. The van der Waals surface area contributed by atoms with E-state index in [-0.39, 0.29) is 5.41 Å². The van der Waals surface area contributed by atoms with Gasteiger partial charge in [-0.1, -0.05) is 70.2 Å². The average molecular weight is 434 g/mol. The highest BCUT2D eigenvalue weighted by Gasteiger charge is 2.30. The minimum Gasteiger partial charge on any atom is -0.295 e. The second kappa shape index (κ2) is 9.35. The Labute approximate surface area is 192 Å². The van der Waals surface area contributed by atoms with Crippen LogP contribution in [0.1, 0.15) is 57.1 Å². The molecule has 0 saturated heterocycles. The zero-order chi connectivity index (χ0) is 22.8. The van der Waals surface area contributed by atoms with E-state index in [1.807, 2.05) is 12.2 Å². The van der Waals surface area contributed by atoms with Gasteiger partial charge in [0.1, 0.15) is 0 Å². The Morgan fingerprint density at radius 2 is 1.87 bits per heavy atom. The maximum atomic E-state index is 5.05. The lowest BCUT2D eigenvalue weighted by molar-refractivity contribution is 0.432. The number of fused-ring (bicyclic) bond motifs is 1. The number of allylic oxidation sites excluding steroid dienone is 6. The summed E-state index contributed by atoms with van der Waals surface area (Å²) in [6.07, 6.45) is 11.1. The van der Waals surface area contributed by atoms with Crippen LogP contribution in [0.15, 0.2) is 59.6 Å². The van der Waals surface area contributed by atoms with Gasteiger partial charge in [-0.2, -0.15) is 0 Å². The van der Waals surface area contributed by atoms with Crippen LogP contribution in [0.4, 0.5) is 5.95 Å². The van der Waals surface area contributed by atoms with E-state index in [0.717, 1.165) is 28.7 Å². The molecule has 1 N–H and O–H groups in total. The van der Waals surface area contributed by atoms with Crippen LogP contribution in [0, 0.1) is 25.2 Å². The highest BCUT2D eigenvalue weighted by molar-refractivity contribution is 8.04. The zero-order valence-corrected chi connectivity index (χ0v) is 20.7. The molecule has 1 aliphatic carbocycles. The molecule has 0 spiro atoms. The summed E-state index contributed by atoms with van der Waals surface area (Å²) >= 11 is 1.59. The molecule has 3 rings (SSSR count). The first-order valence-electron chi connectivity index (χ1n) is 10.9. The van der Waals surface area contributed by atoms with Gasteiger partial charge in [-0.3, -0.25) is 9.29 Å². The summed E-state index contributed by atoms with van der Waals surface area (Å²) in [5, 5.41) is 0. The molecule has 1 aromatic carbocycles. The van der Waals surface area contributed by atoms with Gasteiger partial charge in [-0.15, -0.1) is 0 Å². The Balaban J connectivity index is 2.10. The second-order valence-corrected chi connectivity index (χ2v) is 10.6. The lowest BCUT2D eigenvalue weighted by Gasteiger charge is -2.31. The number of aryl methyl sites for hydroxylation is 2. The Morgan fingerprint density at radius 3 is 2.48 bits per heavy atom. The molecule has 1 unspecified atom stereocenters. The van der Waals surface area contributed by atoms with E-state index in [4.69, 9.17) is 4.98 Å². The van der Waals surface area contributed by atoms with Crippen molar-refractivity contribution in [1.29, 1.82) is 0 Å². The minimum absolute atomic E-state index is 0.133. The predicted octanol–water partition coefficient (Wildman–Crippen LogP) is 7.82. The van der Waals surface area contributed by atoms with E-state index in [1.54, 1.807) is 18.0 Å². The first-order valence-corrected chi connectivity index (χ1v) is 11.7. The molecule has 31 heavy (non-hydrogen) atoms. The third-order valence-electron chi connectivity index (χ3n) is 5.52. The number of nitrogens with one attached hydrogen (secondary N) is 1. The summed E-state index contributed by atoms with van der Waals surface area (Å²) in [5.74, 6) is 1.36. The Kier molecular flexibility index (Phi) is 7.00. The van der Waals surface area contributed by atoms with Gasteiger partial charge in [0.05, 0.1) is 11.4 Å². The van der Waals surface area contributed by atoms with E-state index in [0.29, 0.717) is 5.92 Å². The van der Waals surface area contributed by atoms with Gasteiger partial charge in [-0.05, 0) is 79.8 Å². The van der Waals surface area contributed by atoms with Gasteiger partial charge >= 0.3 is 0 Å². The fourth-order valence-electron chi connectivity index (χ4n) is 4.26. The molecule has 1 aliphatic rings. The number of hydrogen-bond acceptors (Lipinski definition) is 3. The van der Waals surface area contributed by atoms with Crippen molar-refractivity contribution in [2.45, 2.75) is 54.9 Å². The Hall–Kier alpha value is -2.46. The number of rotatable bonds is 6. The lowest BCUT2D eigenvalue weighted by Crippen LogP contribution is -2.21. The van der Waals surface area contributed by atoms with Gasteiger partial charge in [-0.25, -0.2) is 4.98 Å². The summed E-state index contributed by atoms with van der Waals surface area (Å²) < 4.78 is 5.80. The average Bonchev–Trinajstić information content (AvgIpc) is 3.01. The number of hydrogen-bond donors (Lipinski definition) is 1. The fraction of sp³-hybridized carbons (Fsp3) is 0.370. The van der Waals surface area contributed by atoms with Crippen LogP contribution in [-0.2, 0) is 6.42 Å². The van der Waals surface area contributed by atoms with E-state index in [1.165, 1.54) is 22.4 Å². The molecule has 2 aromatic rings. The van der Waals surface area contributed by atoms with Crippen LogP contribution < -0.4 is 4.72 Å². The van der Waals surface area contributed by atoms with Crippen LogP contribution in [-0.4, -0.2) is 9.55 Å². The van der Waals surface area contributed by atoms with Crippen LogP contribution in [0.25, 0.3) is 11.8 Å². The van der Waals surface area contributed by atoms with Gasteiger partial charge in [0.2, 0.25) is 5.95 Å². The quantitative estimate of drug-likeness (QED) is 0.372. The summed E-state index contributed by atoms with van der Waals surface area (Å²) in [6.45, 7) is 19.3. The normalized spacial score (nSPS) is 16.9. The molecule has 1 heterocycles. The van der Waals surface area contributed by atoms with Crippen molar-refractivity contribution < 1.29 is 0 Å². The molecule has 164 valence electrons. The highest BCUT2D eigenvalue weighted by atomic mass is 32.2. The molecular formula is C27H35N3S. The number of imidazole rings is 1. The maximum absolute atomic E-state index is 5.05. The molecular weight excluding hydrogens is 398 g/mol. The number of nitrogens with zero attached hydrogens (tertiary/aromatic N) is 2. The molecule has 0 aliphatic heterocycles. The molecule has 3 nitrogen and oxygen atoms in total.